The van der Waals surface area contributed by atoms with Crippen LogP contribution >= 0.6 is 33.9 Å². The number of fused-ring (bicyclic) bond motifs is 2. The summed E-state index contributed by atoms with van der Waals surface area (Å²) in [4.78, 5) is 31.9. The molecular formula is C25H19IN2O4S. The number of rotatable bonds is 4. The zero-order valence-electron chi connectivity index (χ0n) is 17.9. The van der Waals surface area contributed by atoms with Gasteiger partial charge < -0.3 is 9.15 Å². The van der Waals surface area contributed by atoms with Gasteiger partial charge in [0.25, 0.3) is 5.56 Å². The number of furan rings is 1. The van der Waals surface area contributed by atoms with Crippen molar-refractivity contribution < 1.29 is 13.9 Å². The molecule has 0 amide bonds. The molecule has 8 heteroatoms. The first kappa shape index (κ1) is 21.8. The van der Waals surface area contributed by atoms with Gasteiger partial charge in [0.2, 0.25) is 0 Å². The fourth-order valence-corrected chi connectivity index (χ4v) is 5.57. The molecule has 0 radical (unpaired) electrons. The molecule has 166 valence electrons. The van der Waals surface area contributed by atoms with Crippen LogP contribution in [0.2, 0.25) is 0 Å². The number of hydrogen-bond acceptors (Lipinski definition) is 6. The van der Waals surface area contributed by atoms with Gasteiger partial charge in [-0.15, -0.1) is 0 Å². The Morgan fingerprint density at radius 3 is 2.76 bits per heavy atom. The van der Waals surface area contributed by atoms with Crippen molar-refractivity contribution in [1.29, 1.82) is 0 Å². The molecule has 2 aromatic heterocycles. The molecule has 2 aromatic carbocycles. The van der Waals surface area contributed by atoms with E-state index >= 15 is 0 Å². The van der Waals surface area contributed by atoms with E-state index in [1.54, 1.807) is 24.5 Å². The number of thiazole rings is 1. The number of hydrogen-bond donors (Lipinski definition) is 0. The van der Waals surface area contributed by atoms with E-state index in [-0.39, 0.29) is 12.2 Å². The van der Waals surface area contributed by atoms with E-state index in [4.69, 9.17) is 9.15 Å². The van der Waals surface area contributed by atoms with Crippen molar-refractivity contribution in [1.82, 2.24) is 4.57 Å². The summed E-state index contributed by atoms with van der Waals surface area (Å²) in [5, 5.41) is 2.00. The summed E-state index contributed by atoms with van der Waals surface area (Å²) in [5.41, 5.74) is 1.55. The molecule has 0 fully saturated rings. The van der Waals surface area contributed by atoms with Gasteiger partial charge in [0.15, 0.2) is 8.57 Å². The topological polar surface area (TPSA) is 73.8 Å². The van der Waals surface area contributed by atoms with Gasteiger partial charge >= 0.3 is 5.97 Å². The predicted molar refractivity (Wildman–Crippen MR) is 136 cm³/mol. The van der Waals surface area contributed by atoms with Crippen LogP contribution in [0, 0.1) is 3.77 Å². The van der Waals surface area contributed by atoms with Gasteiger partial charge in [0.1, 0.15) is 5.76 Å². The Kier molecular flexibility index (Phi) is 5.79. The first-order chi connectivity index (χ1) is 16.0. The minimum Gasteiger partial charge on any atom is -0.463 e. The normalized spacial score (nSPS) is 16.1. The highest BCUT2D eigenvalue weighted by Crippen LogP contribution is 2.34. The lowest BCUT2D eigenvalue weighted by molar-refractivity contribution is -0.139. The molecule has 3 heterocycles. The predicted octanol–water partition coefficient (Wildman–Crippen LogP) is 4.15. The third-order valence-corrected chi connectivity index (χ3v) is 7.07. The van der Waals surface area contributed by atoms with Gasteiger partial charge in [-0.1, -0.05) is 53.8 Å². The molecule has 0 N–H and O–H groups in total. The molecule has 1 aliphatic heterocycles. The maximum absolute atomic E-state index is 13.6. The molecule has 0 spiro atoms. The number of esters is 1. The highest BCUT2D eigenvalue weighted by molar-refractivity contribution is 14.1. The van der Waals surface area contributed by atoms with Crippen molar-refractivity contribution in [3.05, 3.63) is 101 Å². The highest BCUT2D eigenvalue weighted by atomic mass is 127. The Labute approximate surface area is 206 Å². The van der Waals surface area contributed by atoms with E-state index in [1.807, 2.05) is 54.6 Å². The number of halogens is 1. The highest BCUT2D eigenvalue weighted by Gasteiger charge is 2.34. The van der Waals surface area contributed by atoms with E-state index in [0.29, 0.717) is 26.4 Å². The van der Waals surface area contributed by atoms with Crippen molar-refractivity contribution in [2.24, 2.45) is 4.99 Å². The smallest absolute Gasteiger partial charge is 0.338 e. The van der Waals surface area contributed by atoms with E-state index < -0.39 is 12.0 Å². The summed E-state index contributed by atoms with van der Waals surface area (Å²) in [6.07, 6.45) is 1.72. The van der Waals surface area contributed by atoms with Crippen LogP contribution in [-0.2, 0) is 9.53 Å². The van der Waals surface area contributed by atoms with Crippen LogP contribution in [0.15, 0.2) is 80.1 Å². The average Bonchev–Trinajstić information content (AvgIpc) is 3.35. The summed E-state index contributed by atoms with van der Waals surface area (Å²) >= 11 is 3.36. The zero-order chi connectivity index (χ0) is 23.1. The van der Waals surface area contributed by atoms with Gasteiger partial charge in [0, 0.05) is 6.08 Å². The minimum atomic E-state index is -0.648. The fourth-order valence-electron chi connectivity index (χ4n) is 4.11. The van der Waals surface area contributed by atoms with Crippen LogP contribution in [-0.4, -0.2) is 17.1 Å². The van der Waals surface area contributed by atoms with Gasteiger partial charge in [-0.25, -0.2) is 9.79 Å². The summed E-state index contributed by atoms with van der Waals surface area (Å²) in [7, 11) is 0. The second-order valence-electron chi connectivity index (χ2n) is 7.51. The lowest BCUT2D eigenvalue weighted by Crippen LogP contribution is -2.40. The Balaban J connectivity index is 1.81. The SMILES string of the molecule is CCOC(=O)C1=C(C)N=c2s/c(=C\c3ccc(I)o3)c(=O)n2[C@@H]1c1cccc2ccccc12. The van der Waals surface area contributed by atoms with Crippen molar-refractivity contribution in [3.8, 4) is 0 Å². The monoisotopic (exact) mass is 570 g/mol. The Bertz CT molecular complexity index is 1600. The van der Waals surface area contributed by atoms with Crippen molar-refractivity contribution >= 4 is 56.7 Å². The maximum Gasteiger partial charge on any atom is 0.338 e. The molecule has 1 aliphatic rings. The van der Waals surface area contributed by atoms with Crippen LogP contribution in [0.3, 0.4) is 0 Å². The quantitative estimate of drug-likeness (QED) is 0.273. The molecule has 1 atom stereocenters. The maximum atomic E-state index is 13.6. The zero-order valence-corrected chi connectivity index (χ0v) is 20.8. The number of ether oxygens (including phenoxy) is 1. The lowest BCUT2D eigenvalue weighted by atomic mass is 9.91. The average molecular weight is 570 g/mol. The molecule has 0 aliphatic carbocycles. The van der Waals surface area contributed by atoms with E-state index in [0.717, 1.165) is 20.1 Å². The molecule has 5 rings (SSSR count). The number of carbonyl (C=O) groups excluding carboxylic acids is 1. The van der Waals surface area contributed by atoms with Gasteiger partial charge in [-0.2, -0.15) is 0 Å². The lowest BCUT2D eigenvalue weighted by Gasteiger charge is -2.25. The van der Waals surface area contributed by atoms with Gasteiger partial charge in [-0.3, -0.25) is 9.36 Å². The summed E-state index contributed by atoms with van der Waals surface area (Å²) in [6, 6.07) is 16.9. The van der Waals surface area contributed by atoms with E-state index in [2.05, 4.69) is 27.6 Å². The second-order valence-corrected chi connectivity index (χ2v) is 9.58. The number of aromatic nitrogens is 1. The van der Waals surface area contributed by atoms with Crippen LogP contribution in [0.5, 0.6) is 0 Å². The number of nitrogens with zero attached hydrogens (tertiary/aromatic N) is 2. The van der Waals surface area contributed by atoms with Crippen molar-refractivity contribution in [3.63, 3.8) is 0 Å². The van der Waals surface area contributed by atoms with Gasteiger partial charge in [-0.05, 0) is 64.9 Å². The Morgan fingerprint density at radius 2 is 2.00 bits per heavy atom. The number of allylic oxidation sites excluding steroid dienone is 1. The van der Waals surface area contributed by atoms with Gasteiger partial charge in [0.05, 0.1) is 28.5 Å². The third-order valence-electron chi connectivity index (χ3n) is 5.50. The molecule has 0 unspecified atom stereocenters. The second kappa shape index (κ2) is 8.75. The first-order valence-electron chi connectivity index (χ1n) is 10.4. The van der Waals surface area contributed by atoms with E-state index in [1.165, 1.54) is 11.3 Å². The van der Waals surface area contributed by atoms with Crippen molar-refractivity contribution in [2.45, 2.75) is 19.9 Å². The summed E-state index contributed by atoms with van der Waals surface area (Å²) < 4.78 is 13.8. The fraction of sp³-hybridized carbons (Fsp3) is 0.160. The van der Waals surface area contributed by atoms with E-state index in [9.17, 15) is 9.59 Å². The van der Waals surface area contributed by atoms with Crippen LogP contribution in [0.25, 0.3) is 16.8 Å². The molecule has 0 saturated heterocycles. The standard InChI is InChI=1S/C25H19IN2O4S/c1-3-31-24(30)21-14(2)27-25-28(23(29)19(33-25)13-16-11-12-20(26)32-16)22(21)18-10-6-8-15-7-4-5-9-17(15)18/h4-13,22H,3H2,1-2H3/b19-13-/t22-/m1/s1. The molecule has 0 bridgehead atoms. The number of benzene rings is 2. The molecule has 0 saturated carbocycles. The minimum absolute atomic E-state index is 0.225. The third kappa shape index (κ3) is 3.87. The summed E-state index contributed by atoms with van der Waals surface area (Å²) in [6.45, 7) is 3.79. The first-order valence-corrected chi connectivity index (χ1v) is 12.3. The Hall–Kier alpha value is -2.98. The molecule has 33 heavy (non-hydrogen) atoms. The molecule has 6 nitrogen and oxygen atoms in total. The Morgan fingerprint density at radius 1 is 1.21 bits per heavy atom. The molecular weight excluding hydrogens is 551 g/mol. The van der Waals surface area contributed by atoms with Crippen molar-refractivity contribution in [2.75, 3.05) is 6.61 Å². The number of carbonyl (C=O) groups is 1. The van der Waals surface area contributed by atoms with Crippen LogP contribution in [0.1, 0.15) is 31.2 Å². The van der Waals surface area contributed by atoms with Crippen LogP contribution in [0.4, 0.5) is 0 Å². The largest absolute Gasteiger partial charge is 0.463 e. The summed E-state index contributed by atoms with van der Waals surface area (Å²) in [5.74, 6) is 0.124. The molecule has 4 aromatic rings. The van der Waals surface area contributed by atoms with Crippen LogP contribution < -0.4 is 14.9 Å².